The van der Waals surface area contributed by atoms with E-state index in [4.69, 9.17) is 10.1 Å². The zero-order valence-corrected chi connectivity index (χ0v) is 11.7. The topological polar surface area (TPSA) is 32.6 Å². The number of aliphatic hydroxyl groups is 1. The van der Waals surface area contributed by atoms with Gasteiger partial charge in [0.2, 0.25) is 0 Å². The Hall–Kier alpha value is -0.370. The minimum absolute atomic E-state index is 0.284. The summed E-state index contributed by atoms with van der Waals surface area (Å²) in [6.07, 6.45) is 14.8. The van der Waals surface area contributed by atoms with Crippen molar-refractivity contribution in [3.8, 4) is 0 Å². The second-order valence-corrected chi connectivity index (χ2v) is 6.05. The molecule has 0 radical (unpaired) electrons. The van der Waals surface area contributed by atoms with E-state index in [-0.39, 0.29) is 6.61 Å². The van der Waals surface area contributed by atoms with Crippen LogP contribution in [0.25, 0.3) is 0 Å². The molecule has 2 aliphatic rings. The van der Waals surface area contributed by atoms with Crippen LogP contribution in [0, 0.1) is 11.8 Å². The fourth-order valence-electron chi connectivity index (χ4n) is 3.67. The summed E-state index contributed by atoms with van der Waals surface area (Å²) in [4.78, 5) is 4.92. The maximum absolute atomic E-state index is 8.93. The first-order chi connectivity index (χ1) is 8.92. The van der Waals surface area contributed by atoms with Gasteiger partial charge in [-0.3, -0.25) is 4.99 Å². The summed E-state index contributed by atoms with van der Waals surface area (Å²) in [5, 5.41) is 8.93. The summed E-state index contributed by atoms with van der Waals surface area (Å²) in [6, 6.07) is 0. The number of hydrogen-bond donors (Lipinski definition) is 1. The van der Waals surface area contributed by atoms with E-state index in [1.165, 1.54) is 64.2 Å². The van der Waals surface area contributed by atoms with Gasteiger partial charge in [-0.1, -0.05) is 38.5 Å². The van der Waals surface area contributed by atoms with Gasteiger partial charge < -0.3 is 5.11 Å². The molecule has 0 aromatic carbocycles. The minimum Gasteiger partial charge on any atom is -0.396 e. The Morgan fingerprint density at radius 2 is 1.33 bits per heavy atom. The van der Waals surface area contributed by atoms with Crippen molar-refractivity contribution in [3.63, 3.8) is 0 Å². The van der Waals surface area contributed by atoms with Crippen LogP contribution in [-0.2, 0) is 0 Å². The molecule has 0 heterocycles. The molecule has 0 aliphatic heterocycles. The van der Waals surface area contributed by atoms with Crippen molar-refractivity contribution in [3.05, 3.63) is 0 Å². The first-order valence-electron chi connectivity index (χ1n) is 8.07. The van der Waals surface area contributed by atoms with Gasteiger partial charge in [0, 0.05) is 18.9 Å². The van der Waals surface area contributed by atoms with E-state index >= 15 is 0 Å². The summed E-state index contributed by atoms with van der Waals surface area (Å²) >= 11 is 0. The van der Waals surface area contributed by atoms with Crippen molar-refractivity contribution in [2.24, 2.45) is 16.8 Å². The molecule has 2 nitrogen and oxygen atoms in total. The summed E-state index contributed by atoms with van der Waals surface area (Å²) in [5.74, 6) is 1.56. The molecule has 0 saturated heterocycles. The molecule has 0 aromatic heterocycles. The van der Waals surface area contributed by atoms with Gasteiger partial charge in [0.25, 0.3) is 0 Å². The Balaban J connectivity index is 1.98. The fourth-order valence-corrected chi connectivity index (χ4v) is 3.67. The molecular weight excluding hydrogens is 222 g/mol. The van der Waals surface area contributed by atoms with Crippen LogP contribution in [-0.4, -0.2) is 24.0 Å². The molecule has 0 amide bonds. The fraction of sp³-hybridized carbons (Fsp3) is 0.938. The van der Waals surface area contributed by atoms with E-state index in [9.17, 15) is 0 Å². The van der Waals surface area contributed by atoms with Gasteiger partial charge in [-0.05, 0) is 43.9 Å². The van der Waals surface area contributed by atoms with Crippen LogP contribution in [0.5, 0.6) is 0 Å². The number of hydrogen-bond acceptors (Lipinski definition) is 2. The monoisotopic (exact) mass is 251 g/mol. The molecule has 2 aliphatic carbocycles. The van der Waals surface area contributed by atoms with E-state index in [0.29, 0.717) is 0 Å². The maximum atomic E-state index is 8.93. The highest BCUT2D eigenvalue weighted by Crippen LogP contribution is 2.33. The molecule has 2 rings (SSSR count). The van der Waals surface area contributed by atoms with E-state index in [2.05, 4.69) is 0 Å². The van der Waals surface area contributed by atoms with E-state index in [1.807, 2.05) is 0 Å². The van der Waals surface area contributed by atoms with Crippen LogP contribution < -0.4 is 0 Å². The van der Waals surface area contributed by atoms with Crippen LogP contribution >= 0.6 is 0 Å². The molecule has 0 unspecified atom stereocenters. The van der Waals surface area contributed by atoms with Crippen molar-refractivity contribution in [2.75, 3.05) is 13.2 Å². The average molecular weight is 251 g/mol. The highest BCUT2D eigenvalue weighted by atomic mass is 16.3. The first-order valence-corrected chi connectivity index (χ1v) is 8.07. The number of nitrogens with zero attached hydrogens (tertiary/aromatic N) is 1. The summed E-state index contributed by atoms with van der Waals surface area (Å²) < 4.78 is 0. The number of rotatable bonds is 5. The predicted octanol–water partition coefficient (Wildman–Crippen LogP) is 3.97. The third kappa shape index (κ3) is 4.08. The van der Waals surface area contributed by atoms with Gasteiger partial charge in [-0.15, -0.1) is 0 Å². The average Bonchev–Trinajstić information content (AvgIpc) is 2.46. The second-order valence-electron chi connectivity index (χ2n) is 6.05. The van der Waals surface area contributed by atoms with E-state index in [1.54, 1.807) is 5.71 Å². The van der Waals surface area contributed by atoms with E-state index in [0.717, 1.165) is 24.8 Å². The largest absolute Gasteiger partial charge is 0.396 e. The first kappa shape index (κ1) is 14.0. The zero-order valence-electron chi connectivity index (χ0n) is 11.7. The lowest BCUT2D eigenvalue weighted by Gasteiger charge is -2.31. The molecule has 0 bridgehead atoms. The van der Waals surface area contributed by atoms with Gasteiger partial charge in [0.1, 0.15) is 0 Å². The molecule has 0 atom stereocenters. The van der Waals surface area contributed by atoms with E-state index < -0.39 is 0 Å². The number of aliphatic imine (C=N–C) groups is 1. The molecule has 2 fully saturated rings. The standard InChI is InChI=1S/C16H29NO/c18-13-7-12-17-16(14-8-3-1-4-9-14)15-10-5-2-6-11-15/h14-15,18H,1-13H2. The third-order valence-corrected chi connectivity index (χ3v) is 4.66. The predicted molar refractivity (Wildman–Crippen MR) is 77.2 cm³/mol. The van der Waals surface area contributed by atoms with Crippen LogP contribution in [0.15, 0.2) is 4.99 Å². The Morgan fingerprint density at radius 3 is 1.78 bits per heavy atom. The minimum atomic E-state index is 0.284. The van der Waals surface area contributed by atoms with Crippen molar-refractivity contribution < 1.29 is 5.11 Å². The van der Waals surface area contributed by atoms with Crippen LogP contribution in [0.2, 0.25) is 0 Å². The smallest absolute Gasteiger partial charge is 0.0448 e. The quantitative estimate of drug-likeness (QED) is 0.582. The summed E-state index contributed by atoms with van der Waals surface area (Å²) in [7, 11) is 0. The van der Waals surface area contributed by atoms with Gasteiger partial charge in [-0.25, -0.2) is 0 Å². The van der Waals surface area contributed by atoms with Gasteiger partial charge >= 0.3 is 0 Å². The molecule has 0 spiro atoms. The Bertz CT molecular complexity index is 230. The molecule has 104 valence electrons. The third-order valence-electron chi connectivity index (χ3n) is 4.66. The number of aliphatic hydroxyl groups excluding tert-OH is 1. The SMILES string of the molecule is OCCCN=C(C1CCCCC1)C1CCCCC1. The van der Waals surface area contributed by atoms with Gasteiger partial charge in [0.05, 0.1) is 0 Å². The normalized spacial score (nSPS) is 22.9. The zero-order chi connectivity index (χ0) is 12.6. The lowest BCUT2D eigenvalue weighted by Crippen LogP contribution is -2.28. The maximum Gasteiger partial charge on any atom is 0.0448 e. The van der Waals surface area contributed by atoms with Crippen LogP contribution in [0.4, 0.5) is 0 Å². The Labute approximate surface area is 112 Å². The van der Waals surface area contributed by atoms with Crippen LogP contribution in [0.3, 0.4) is 0 Å². The molecule has 0 aromatic rings. The lowest BCUT2D eigenvalue weighted by molar-refractivity contribution is 0.290. The van der Waals surface area contributed by atoms with Crippen molar-refractivity contribution in [2.45, 2.75) is 70.6 Å². The molecule has 2 saturated carbocycles. The highest BCUT2D eigenvalue weighted by Gasteiger charge is 2.26. The van der Waals surface area contributed by atoms with Gasteiger partial charge in [-0.2, -0.15) is 0 Å². The van der Waals surface area contributed by atoms with Crippen LogP contribution in [0.1, 0.15) is 70.6 Å². The van der Waals surface area contributed by atoms with Crippen molar-refractivity contribution in [1.29, 1.82) is 0 Å². The summed E-state index contributed by atoms with van der Waals surface area (Å²) in [6.45, 7) is 1.13. The van der Waals surface area contributed by atoms with Crippen molar-refractivity contribution >= 4 is 5.71 Å². The Kier molecular flexibility index (Phi) is 6.19. The highest BCUT2D eigenvalue weighted by molar-refractivity contribution is 5.89. The molecular formula is C16H29NO. The molecule has 1 N–H and O–H groups in total. The summed E-state index contributed by atoms with van der Waals surface area (Å²) in [5.41, 5.74) is 1.54. The molecule has 2 heteroatoms. The van der Waals surface area contributed by atoms with Crippen molar-refractivity contribution in [1.82, 2.24) is 0 Å². The Morgan fingerprint density at radius 1 is 0.833 bits per heavy atom. The second kappa shape index (κ2) is 7.93. The lowest BCUT2D eigenvalue weighted by atomic mass is 9.76. The van der Waals surface area contributed by atoms with Gasteiger partial charge in [0.15, 0.2) is 0 Å². The molecule has 18 heavy (non-hydrogen) atoms.